The Hall–Kier alpha value is -7.62. The maximum Gasteiger partial charge on any atom is 0.0540 e. The molecule has 0 fully saturated rings. The summed E-state index contributed by atoms with van der Waals surface area (Å²) in [6, 6.07) is 85.0. The third-order valence-corrected chi connectivity index (χ3v) is 10.7. The van der Waals surface area contributed by atoms with Crippen molar-refractivity contribution in [3.63, 3.8) is 0 Å². The second-order valence-corrected chi connectivity index (χ2v) is 14.2. The van der Waals surface area contributed by atoms with Crippen molar-refractivity contribution in [2.24, 2.45) is 0 Å². The van der Waals surface area contributed by atoms with Gasteiger partial charge in [0.25, 0.3) is 0 Å². The van der Waals surface area contributed by atoms with Gasteiger partial charge in [-0.3, -0.25) is 0 Å². The minimum atomic E-state index is 1.03. The normalized spacial score (nSPS) is 11.2. The fourth-order valence-electron chi connectivity index (χ4n) is 8.19. The fraction of sp³-hybridized carbons (Fsp3) is 0. The number of fused-ring (bicyclic) bond motifs is 3. The summed E-state index contributed by atoms with van der Waals surface area (Å²) in [6.45, 7) is 0. The predicted molar refractivity (Wildman–Crippen MR) is 243 cm³/mol. The first-order chi connectivity index (χ1) is 28.3. The molecule has 3 nitrogen and oxygen atoms in total. The lowest BCUT2D eigenvalue weighted by Gasteiger charge is -2.34. The molecule has 0 atom stereocenters. The maximum atomic E-state index is 2.41. The molecule has 0 N–H and O–H groups in total. The molecule has 0 aromatic heterocycles. The zero-order valence-electron chi connectivity index (χ0n) is 31.4. The van der Waals surface area contributed by atoms with Gasteiger partial charge in [-0.1, -0.05) is 164 Å². The molecular weight excluding hydrogens is 691 g/mol. The van der Waals surface area contributed by atoms with Gasteiger partial charge in [-0.25, -0.2) is 0 Å². The SMILES string of the molecule is c1ccc(N(c2cc(N(c3ccccc3)c3cccc4ccccc34)cc(N(c3ccccc3)c3cccc4ccccc34)c2)c2cccc3ccccc23)cc1. The van der Waals surface area contributed by atoms with Crippen molar-refractivity contribution >= 4 is 83.5 Å². The zero-order valence-corrected chi connectivity index (χ0v) is 31.4. The molecule has 0 radical (unpaired) electrons. The molecule has 10 rings (SSSR count). The molecule has 0 unspecified atom stereocenters. The fourth-order valence-corrected chi connectivity index (χ4v) is 8.19. The Kier molecular flexibility index (Phi) is 8.86. The van der Waals surface area contributed by atoms with Crippen molar-refractivity contribution in [2.45, 2.75) is 0 Å². The van der Waals surface area contributed by atoms with E-state index >= 15 is 0 Å². The molecular formula is C54H39N3. The van der Waals surface area contributed by atoms with Gasteiger partial charge in [-0.2, -0.15) is 0 Å². The highest BCUT2D eigenvalue weighted by Gasteiger charge is 2.24. The van der Waals surface area contributed by atoms with Gasteiger partial charge in [-0.05, 0) is 89.0 Å². The van der Waals surface area contributed by atoms with Crippen molar-refractivity contribution in [3.8, 4) is 0 Å². The van der Waals surface area contributed by atoms with Crippen LogP contribution in [0.1, 0.15) is 0 Å². The molecule has 0 amide bonds. The van der Waals surface area contributed by atoms with Crippen LogP contribution in [0.3, 0.4) is 0 Å². The summed E-state index contributed by atoms with van der Waals surface area (Å²) in [4.78, 5) is 7.23. The van der Waals surface area contributed by atoms with Crippen LogP contribution in [-0.2, 0) is 0 Å². The van der Waals surface area contributed by atoms with Crippen LogP contribution >= 0.6 is 0 Å². The van der Waals surface area contributed by atoms with E-state index in [0.29, 0.717) is 0 Å². The quantitative estimate of drug-likeness (QED) is 0.146. The molecule has 0 saturated heterocycles. The van der Waals surface area contributed by atoms with Crippen LogP contribution in [0.2, 0.25) is 0 Å². The number of nitrogens with zero attached hydrogens (tertiary/aromatic N) is 3. The summed E-state index contributed by atoms with van der Waals surface area (Å²) < 4.78 is 0. The van der Waals surface area contributed by atoms with E-state index in [9.17, 15) is 0 Å². The first-order valence-corrected chi connectivity index (χ1v) is 19.4. The molecule has 0 aliphatic carbocycles. The van der Waals surface area contributed by atoms with Crippen LogP contribution in [0.4, 0.5) is 51.2 Å². The van der Waals surface area contributed by atoms with Gasteiger partial charge in [0.1, 0.15) is 0 Å². The lowest BCUT2D eigenvalue weighted by atomic mass is 10.0. The van der Waals surface area contributed by atoms with Crippen molar-refractivity contribution in [3.05, 3.63) is 237 Å². The van der Waals surface area contributed by atoms with Crippen LogP contribution in [-0.4, -0.2) is 0 Å². The van der Waals surface area contributed by atoms with E-state index in [1.165, 1.54) is 32.3 Å². The van der Waals surface area contributed by atoms with Crippen LogP contribution in [0, 0.1) is 0 Å². The number of hydrogen-bond acceptors (Lipinski definition) is 3. The molecule has 0 aliphatic heterocycles. The number of hydrogen-bond donors (Lipinski definition) is 0. The second-order valence-electron chi connectivity index (χ2n) is 14.2. The standard InChI is InChI=1S/C54H39N3/c1-4-25-43(26-5-1)55(52-34-16-22-40-19-10-13-31-49(40)52)46-37-47(56(44-27-6-2-7-28-44)53-35-17-23-41-20-11-14-32-50(41)53)39-48(38-46)57(45-29-8-3-9-30-45)54-36-18-24-42-21-12-15-33-51(42)54/h1-39H. The van der Waals surface area contributed by atoms with Gasteiger partial charge >= 0.3 is 0 Å². The van der Waals surface area contributed by atoms with E-state index in [0.717, 1.165) is 51.2 Å². The number of para-hydroxylation sites is 3. The third-order valence-electron chi connectivity index (χ3n) is 10.7. The first kappa shape index (κ1) is 33.9. The Morgan fingerprint density at radius 1 is 0.193 bits per heavy atom. The van der Waals surface area contributed by atoms with Crippen molar-refractivity contribution in [1.82, 2.24) is 0 Å². The Morgan fingerprint density at radius 2 is 0.439 bits per heavy atom. The van der Waals surface area contributed by atoms with Gasteiger partial charge in [0.05, 0.1) is 34.1 Å². The summed E-state index contributed by atoms with van der Waals surface area (Å²) in [5.74, 6) is 0. The molecule has 270 valence electrons. The molecule has 0 spiro atoms. The number of anilines is 9. The number of benzene rings is 10. The van der Waals surface area contributed by atoms with Gasteiger partial charge in [-0.15, -0.1) is 0 Å². The predicted octanol–water partition coefficient (Wildman–Crippen LogP) is 15.6. The highest BCUT2D eigenvalue weighted by atomic mass is 15.2. The maximum absolute atomic E-state index is 2.41. The molecule has 57 heavy (non-hydrogen) atoms. The highest BCUT2D eigenvalue weighted by molar-refractivity contribution is 6.04. The molecule has 10 aromatic rings. The van der Waals surface area contributed by atoms with E-state index in [1.54, 1.807) is 0 Å². The Morgan fingerprint density at radius 3 is 0.737 bits per heavy atom. The minimum Gasteiger partial charge on any atom is -0.310 e. The van der Waals surface area contributed by atoms with Gasteiger partial charge in [0.2, 0.25) is 0 Å². The number of rotatable bonds is 9. The summed E-state index contributed by atoms with van der Waals surface area (Å²) in [5.41, 5.74) is 9.65. The van der Waals surface area contributed by atoms with Gasteiger partial charge < -0.3 is 14.7 Å². The minimum absolute atomic E-state index is 1.03. The monoisotopic (exact) mass is 729 g/mol. The average molecular weight is 730 g/mol. The van der Waals surface area contributed by atoms with Crippen molar-refractivity contribution in [2.75, 3.05) is 14.7 Å². The van der Waals surface area contributed by atoms with E-state index in [1.807, 2.05) is 0 Å². The van der Waals surface area contributed by atoms with Crippen LogP contribution in [0.5, 0.6) is 0 Å². The first-order valence-electron chi connectivity index (χ1n) is 19.4. The van der Waals surface area contributed by atoms with Crippen molar-refractivity contribution < 1.29 is 0 Å². The Bertz CT molecular complexity index is 2630. The molecule has 0 saturated carbocycles. The lowest BCUT2D eigenvalue weighted by Crippen LogP contribution is -2.16. The Labute approximate surface area is 333 Å². The molecule has 0 aliphatic rings. The zero-order chi connectivity index (χ0) is 38.0. The topological polar surface area (TPSA) is 9.72 Å². The summed E-state index contributed by atoms with van der Waals surface area (Å²) in [7, 11) is 0. The van der Waals surface area contributed by atoms with E-state index < -0.39 is 0 Å². The average Bonchev–Trinajstić information content (AvgIpc) is 3.28. The van der Waals surface area contributed by atoms with Crippen LogP contribution < -0.4 is 14.7 Å². The van der Waals surface area contributed by atoms with Crippen LogP contribution in [0.25, 0.3) is 32.3 Å². The van der Waals surface area contributed by atoms with E-state index in [-0.39, 0.29) is 0 Å². The van der Waals surface area contributed by atoms with E-state index in [4.69, 9.17) is 0 Å². The summed E-state index contributed by atoms with van der Waals surface area (Å²) in [5, 5.41) is 7.11. The lowest BCUT2D eigenvalue weighted by molar-refractivity contribution is 1.23. The van der Waals surface area contributed by atoms with Gasteiger partial charge in [0.15, 0.2) is 0 Å². The van der Waals surface area contributed by atoms with Crippen LogP contribution in [0.15, 0.2) is 237 Å². The second kappa shape index (κ2) is 14.9. The Balaban J connectivity index is 1.32. The summed E-state index contributed by atoms with van der Waals surface area (Å²) in [6.07, 6.45) is 0. The largest absolute Gasteiger partial charge is 0.310 e. The molecule has 3 heteroatoms. The summed E-state index contributed by atoms with van der Waals surface area (Å²) >= 11 is 0. The highest BCUT2D eigenvalue weighted by Crippen LogP contribution is 2.48. The third kappa shape index (κ3) is 6.41. The van der Waals surface area contributed by atoms with Crippen molar-refractivity contribution in [1.29, 1.82) is 0 Å². The smallest absolute Gasteiger partial charge is 0.0540 e. The molecule has 10 aromatic carbocycles. The van der Waals surface area contributed by atoms with E-state index in [2.05, 4.69) is 251 Å². The molecule has 0 bridgehead atoms. The molecule has 0 heterocycles. The van der Waals surface area contributed by atoms with Gasteiger partial charge in [0, 0.05) is 33.2 Å².